The fourth-order valence-corrected chi connectivity index (χ4v) is 6.88. The summed E-state index contributed by atoms with van der Waals surface area (Å²) in [6, 6.07) is 0. The van der Waals surface area contributed by atoms with Crippen molar-refractivity contribution in [2.75, 3.05) is 7.11 Å². The van der Waals surface area contributed by atoms with Crippen LogP contribution in [0, 0.1) is 0 Å². The van der Waals surface area contributed by atoms with E-state index in [0.29, 0.717) is 3.43 Å². The van der Waals surface area contributed by atoms with Crippen LogP contribution in [0.3, 0.4) is 0 Å². The molecule has 0 aliphatic carbocycles. The average Bonchev–Trinajstić information content (AvgIpc) is 2.48. The van der Waals surface area contributed by atoms with Gasteiger partial charge in [0.25, 0.3) is 0 Å². The van der Waals surface area contributed by atoms with Crippen LogP contribution in [0.25, 0.3) is 0 Å². The third-order valence-corrected chi connectivity index (χ3v) is 8.68. The van der Waals surface area contributed by atoms with E-state index in [1.807, 2.05) is 0 Å². The minimum atomic E-state index is -0.688. The van der Waals surface area contributed by atoms with E-state index in [-0.39, 0.29) is 5.97 Å². The number of hydrogen-bond donors (Lipinski definition) is 0. The Morgan fingerprint density at radius 1 is 1.00 bits per heavy atom. The van der Waals surface area contributed by atoms with Crippen molar-refractivity contribution in [3.63, 3.8) is 0 Å². The van der Waals surface area contributed by atoms with Gasteiger partial charge in [-0.1, -0.05) is 0 Å². The molecule has 0 aromatic heterocycles. The summed E-state index contributed by atoms with van der Waals surface area (Å²) in [6.07, 6.45) is 13.6. The van der Waals surface area contributed by atoms with Crippen LogP contribution in [0.15, 0.2) is 10.2 Å². The number of unbranched alkanes of at least 4 members (excludes halogenated alkanes) is 3. The fraction of sp³-hybridized carbons (Fsp3) is 0.824. The number of esters is 1. The molecule has 0 N–H and O–H groups in total. The number of ether oxygens (including phenoxy) is 1. The molecule has 0 unspecified atom stereocenters. The second-order valence-corrected chi connectivity index (χ2v) is 10.4. The van der Waals surface area contributed by atoms with E-state index in [0.717, 1.165) is 0 Å². The van der Waals surface area contributed by atoms with E-state index >= 15 is 0 Å². The molecule has 116 valence electrons. The van der Waals surface area contributed by atoms with Gasteiger partial charge in [0.05, 0.1) is 0 Å². The molecule has 0 bridgehead atoms. The summed E-state index contributed by atoms with van der Waals surface area (Å²) < 4.78 is 7.48. The van der Waals surface area contributed by atoms with Crippen molar-refractivity contribution in [2.24, 2.45) is 0 Å². The summed E-state index contributed by atoms with van der Waals surface area (Å²) >= 11 is -0.688. The molecule has 0 spiro atoms. The van der Waals surface area contributed by atoms with Gasteiger partial charge in [-0.05, 0) is 0 Å². The van der Waals surface area contributed by atoms with Gasteiger partial charge in [-0.3, -0.25) is 0 Å². The van der Waals surface area contributed by atoms with Crippen LogP contribution in [-0.2, 0) is 9.53 Å². The van der Waals surface area contributed by atoms with Crippen LogP contribution in [0.5, 0.6) is 0 Å². The molecule has 2 radical (unpaired) electrons. The Labute approximate surface area is 136 Å². The van der Waals surface area contributed by atoms with Crippen molar-refractivity contribution in [2.45, 2.75) is 82.0 Å². The quantitative estimate of drug-likeness (QED) is 0.264. The van der Waals surface area contributed by atoms with Crippen molar-refractivity contribution in [1.82, 2.24) is 0 Å². The van der Waals surface area contributed by atoms with Crippen molar-refractivity contribution in [3.05, 3.63) is 10.2 Å². The van der Waals surface area contributed by atoms with Crippen LogP contribution < -0.4 is 0 Å². The predicted octanol–water partition coefficient (Wildman–Crippen LogP) is 5.11. The van der Waals surface area contributed by atoms with Crippen molar-refractivity contribution in [1.29, 1.82) is 0 Å². The van der Waals surface area contributed by atoms with Crippen molar-refractivity contribution >= 4 is 27.1 Å². The molecule has 0 heterocycles. The van der Waals surface area contributed by atoms with E-state index in [1.54, 1.807) is 6.08 Å². The standard InChI is InChI=1S/C13H27.C4H5O2.Sn/c1-4-7-10-13(11-8-5-2)12-9-6-3;1-3-4(5)6-2;/h4-12H2,1-3H3;1,3H,2H3;. The SMILES string of the molecule is CCCC[C](CCCC)(CCCC)[Sn]/[CH]=C\C(=O)OC. The molecule has 0 atom stereocenters. The van der Waals surface area contributed by atoms with Gasteiger partial charge in [-0.15, -0.1) is 0 Å². The molecular formula is C17H32O2Sn. The molecule has 0 aliphatic heterocycles. The van der Waals surface area contributed by atoms with E-state index < -0.39 is 21.1 Å². The van der Waals surface area contributed by atoms with Gasteiger partial charge < -0.3 is 0 Å². The molecule has 0 amide bonds. The Hall–Kier alpha value is 0.00870. The maximum atomic E-state index is 11.3. The Bertz CT molecular complexity index is 252. The Kier molecular flexibility index (Phi) is 12.7. The molecule has 20 heavy (non-hydrogen) atoms. The second-order valence-electron chi connectivity index (χ2n) is 5.59. The summed E-state index contributed by atoms with van der Waals surface area (Å²) in [6.45, 7) is 6.83. The van der Waals surface area contributed by atoms with Crippen LogP contribution in [0.2, 0.25) is 3.43 Å². The van der Waals surface area contributed by atoms with E-state index in [4.69, 9.17) is 4.74 Å². The molecule has 0 aromatic carbocycles. The van der Waals surface area contributed by atoms with E-state index in [9.17, 15) is 4.79 Å². The summed E-state index contributed by atoms with van der Waals surface area (Å²) in [4.78, 5) is 11.3. The summed E-state index contributed by atoms with van der Waals surface area (Å²) in [7, 11) is 1.45. The minimum absolute atomic E-state index is 0.193. The predicted molar refractivity (Wildman–Crippen MR) is 88.2 cm³/mol. The zero-order valence-electron chi connectivity index (χ0n) is 13.8. The monoisotopic (exact) mass is 388 g/mol. The molecule has 0 aromatic rings. The average molecular weight is 387 g/mol. The van der Waals surface area contributed by atoms with Gasteiger partial charge in [0, 0.05) is 0 Å². The normalized spacial score (nSPS) is 12.0. The van der Waals surface area contributed by atoms with Crippen LogP contribution >= 0.6 is 0 Å². The first-order valence-electron chi connectivity index (χ1n) is 8.16. The molecular weight excluding hydrogens is 355 g/mol. The first kappa shape index (κ1) is 20.0. The molecule has 0 rings (SSSR count). The Morgan fingerprint density at radius 3 is 1.80 bits per heavy atom. The molecule has 0 fully saturated rings. The van der Waals surface area contributed by atoms with Crippen LogP contribution in [0.4, 0.5) is 0 Å². The van der Waals surface area contributed by atoms with E-state index in [2.05, 4.69) is 24.9 Å². The van der Waals surface area contributed by atoms with Crippen molar-refractivity contribution < 1.29 is 9.53 Å². The van der Waals surface area contributed by atoms with Gasteiger partial charge in [0.1, 0.15) is 0 Å². The summed E-state index contributed by atoms with van der Waals surface area (Å²) in [5.41, 5.74) is 0. The topological polar surface area (TPSA) is 26.3 Å². The second kappa shape index (κ2) is 12.7. The zero-order valence-corrected chi connectivity index (χ0v) is 16.7. The molecule has 3 heteroatoms. The van der Waals surface area contributed by atoms with Gasteiger partial charge in [0.15, 0.2) is 0 Å². The van der Waals surface area contributed by atoms with Gasteiger partial charge in [-0.25, -0.2) is 0 Å². The summed E-state index contributed by atoms with van der Waals surface area (Å²) in [5, 5.41) is 0. The van der Waals surface area contributed by atoms with E-state index in [1.165, 1.54) is 64.9 Å². The molecule has 0 saturated heterocycles. The summed E-state index contributed by atoms with van der Waals surface area (Å²) in [5.74, 6) is -0.193. The fourth-order valence-electron chi connectivity index (χ4n) is 2.49. The first-order valence-corrected chi connectivity index (χ1v) is 11.2. The zero-order chi connectivity index (χ0) is 15.3. The third kappa shape index (κ3) is 9.04. The Morgan fingerprint density at radius 2 is 1.45 bits per heavy atom. The van der Waals surface area contributed by atoms with Crippen molar-refractivity contribution in [3.8, 4) is 0 Å². The van der Waals surface area contributed by atoms with Gasteiger partial charge >= 0.3 is 136 Å². The van der Waals surface area contributed by atoms with Crippen LogP contribution in [0.1, 0.15) is 78.6 Å². The first-order chi connectivity index (χ1) is 9.64. The molecule has 0 aliphatic rings. The number of methoxy groups -OCH3 is 1. The molecule has 0 saturated carbocycles. The third-order valence-electron chi connectivity index (χ3n) is 3.84. The number of carbonyl (C=O) groups excluding carboxylic acids is 1. The number of hydrogen-bond acceptors (Lipinski definition) is 2. The Balaban J connectivity index is 4.73. The number of carbonyl (C=O) groups is 1. The van der Waals surface area contributed by atoms with Crippen LogP contribution in [-0.4, -0.2) is 34.2 Å². The molecule has 2 nitrogen and oxygen atoms in total. The van der Waals surface area contributed by atoms with Gasteiger partial charge in [0.2, 0.25) is 0 Å². The number of rotatable bonds is 12. The van der Waals surface area contributed by atoms with Gasteiger partial charge in [-0.2, -0.15) is 0 Å². The maximum absolute atomic E-state index is 11.3.